The Labute approximate surface area is 115 Å². The minimum atomic E-state index is 0.132. The fourth-order valence-electron chi connectivity index (χ4n) is 1.20. The van der Waals surface area contributed by atoms with Crippen LogP contribution in [0.2, 0.25) is 10.6 Å². The molecule has 2 rings (SSSR count). The van der Waals surface area contributed by atoms with Gasteiger partial charge in [-0.1, -0.05) is 0 Å². The third kappa shape index (κ3) is 5.29. The lowest BCUT2D eigenvalue weighted by molar-refractivity contribution is 0.875. The molecule has 0 saturated heterocycles. The largest absolute Gasteiger partial charge is 0.226 e. The minimum absolute atomic E-state index is 0.132. The second-order valence-corrected chi connectivity index (χ2v) is 4.07. The maximum Gasteiger partial charge on any atom is 0.226 e. The van der Waals surface area contributed by atoms with Gasteiger partial charge in [0.2, 0.25) is 10.6 Å². The Kier molecular flexibility index (Phi) is 5.30. The molecule has 0 N–H and O–H groups in total. The molecule has 18 heavy (non-hydrogen) atoms. The zero-order valence-electron chi connectivity index (χ0n) is 10.4. The first-order valence-corrected chi connectivity index (χ1v) is 5.82. The highest BCUT2D eigenvalue weighted by Gasteiger charge is 1.95. The van der Waals surface area contributed by atoms with E-state index in [-0.39, 0.29) is 10.6 Å². The van der Waals surface area contributed by atoms with Crippen LogP contribution >= 0.6 is 23.2 Å². The second kappa shape index (κ2) is 6.51. The van der Waals surface area contributed by atoms with Crippen LogP contribution in [0.1, 0.15) is 23.3 Å². The Hall–Kier alpha value is -1.40. The van der Waals surface area contributed by atoms with Gasteiger partial charge in [-0.2, -0.15) is 4.98 Å². The topological polar surface area (TPSA) is 77.3 Å². The lowest BCUT2D eigenvalue weighted by atomic mass is 10.6. The summed E-state index contributed by atoms with van der Waals surface area (Å²) in [5.41, 5.74) is 0. The predicted molar refractivity (Wildman–Crippen MR) is 68.6 cm³/mol. The van der Waals surface area contributed by atoms with Crippen LogP contribution in [0.3, 0.4) is 0 Å². The summed E-state index contributed by atoms with van der Waals surface area (Å²) in [6.45, 7) is 7.28. The van der Waals surface area contributed by atoms with E-state index < -0.39 is 0 Å². The lowest BCUT2D eigenvalue weighted by Crippen LogP contribution is -1.97. The maximum atomic E-state index is 5.40. The third-order valence-corrected chi connectivity index (χ3v) is 2.00. The lowest BCUT2D eigenvalue weighted by Gasteiger charge is -1.94. The molecule has 6 nitrogen and oxygen atoms in total. The summed E-state index contributed by atoms with van der Waals surface area (Å²) in [7, 11) is 0. The fourth-order valence-corrected chi connectivity index (χ4v) is 1.64. The molecule has 0 radical (unpaired) electrons. The second-order valence-electron chi connectivity index (χ2n) is 3.40. The summed E-state index contributed by atoms with van der Waals surface area (Å²) in [5, 5.41) is 0.264. The number of hydrogen-bond donors (Lipinski definition) is 0. The number of aryl methyl sites for hydroxylation is 4. The molecule has 0 spiro atoms. The van der Waals surface area contributed by atoms with Gasteiger partial charge in [-0.05, 0) is 50.9 Å². The Bertz CT molecular complexity index is 395. The highest BCUT2D eigenvalue weighted by molar-refractivity contribution is 6.30. The standard InChI is InChI=1S/C6H9N3.C4H3Cl2N3/c1-4-7-5(2)9-6(3)8-4;1-2-7-3(5)9-4(6)8-2/h1-3H3;1H3. The molecule has 0 unspecified atom stereocenters. The van der Waals surface area contributed by atoms with E-state index in [2.05, 4.69) is 29.9 Å². The van der Waals surface area contributed by atoms with Crippen molar-refractivity contribution < 1.29 is 0 Å². The average Bonchev–Trinajstić information content (AvgIpc) is 2.12. The molecule has 0 bridgehead atoms. The van der Waals surface area contributed by atoms with Crippen molar-refractivity contribution in [3.05, 3.63) is 33.9 Å². The summed E-state index contributed by atoms with van der Waals surface area (Å²) in [4.78, 5) is 23.0. The van der Waals surface area contributed by atoms with Crippen molar-refractivity contribution in [1.82, 2.24) is 29.9 Å². The number of nitrogens with zero attached hydrogens (tertiary/aromatic N) is 6. The molecular formula is C10H12Cl2N6. The first-order valence-electron chi connectivity index (χ1n) is 5.06. The van der Waals surface area contributed by atoms with Crippen LogP contribution in [-0.4, -0.2) is 29.9 Å². The van der Waals surface area contributed by atoms with Crippen LogP contribution in [0.4, 0.5) is 0 Å². The van der Waals surface area contributed by atoms with Gasteiger partial charge in [-0.3, -0.25) is 0 Å². The van der Waals surface area contributed by atoms with Crippen molar-refractivity contribution in [3.8, 4) is 0 Å². The zero-order valence-corrected chi connectivity index (χ0v) is 12.0. The molecule has 96 valence electrons. The molecular weight excluding hydrogens is 275 g/mol. The average molecular weight is 287 g/mol. The van der Waals surface area contributed by atoms with Crippen LogP contribution in [-0.2, 0) is 0 Å². The molecule has 0 aliphatic rings. The van der Waals surface area contributed by atoms with Gasteiger partial charge in [0.1, 0.15) is 23.3 Å². The minimum Gasteiger partial charge on any atom is -0.219 e. The van der Waals surface area contributed by atoms with Gasteiger partial charge in [0, 0.05) is 0 Å². The van der Waals surface area contributed by atoms with Gasteiger partial charge in [0.05, 0.1) is 0 Å². The van der Waals surface area contributed by atoms with E-state index in [1.807, 2.05) is 20.8 Å². The Balaban J connectivity index is 0.000000180. The van der Waals surface area contributed by atoms with E-state index in [4.69, 9.17) is 23.2 Å². The maximum absolute atomic E-state index is 5.40. The predicted octanol–water partition coefficient (Wildman–Crippen LogP) is 2.28. The normalized spacial score (nSPS) is 9.67. The molecule has 2 heterocycles. The number of halogens is 2. The highest BCUT2D eigenvalue weighted by atomic mass is 35.5. The van der Waals surface area contributed by atoms with E-state index in [1.165, 1.54) is 0 Å². The first kappa shape index (κ1) is 14.7. The van der Waals surface area contributed by atoms with Gasteiger partial charge in [-0.25, -0.2) is 24.9 Å². The van der Waals surface area contributed by atoms with Crippen molar-refractivity contribution in [2.75, 3.05) is 0 Å². The van der Waals surface area contributed by atoms with Crippen molar-refractivity contribution in [2.45, 2.75) is 27.7 Å². The van der Waals surface area contributed by atoms with Gasteiger partial charge in [0.25, 0.3) is 0 Å². The molecule has 2 aromatic heterocycles. The van der Waals surface area contributed by atoms with Crippen LogP contribution < -0.4 is 0 Å². The first-order chi connectivity index (χ1) is 8.36. The van der Waals surface area contributed by atoms with Crippen molar-refractivity contribution >= 4 is 23.2 Å². The molecule has 0 atom stereocenters. The van der Waals surface area contributed by atoms with Crippen molar-refractivity contribution in [1.29, 1.82) is 0 Å². The zero-order chi connectivity index (χ0) is 13.7. The number of aromatic nitrogens is 6. The SMILES string of the molecule is Cc1nc(C)nc(C)n1.Cc1nc(Cl)nc(Cl)n1. The molecule has 2 aromatic rings. The molecule has 0 aromatic carbocycles. The van der Waals surface area contributed by atoms with Crippen molar-refractivity contribution in [3.63, 3.8) is 0 Å². The fraction of sp³-hybridized carbons (Fsp3) is 0.400. The Morgan fingerprint density at radius 1 is 0.500 bits per heavy atom. The van der Waals surface area contributed by atoms with E-state index in [9.17, 15) is 0 Å². The molecule has 0 aliphatic heterocycles. The monoisotopic (exact) mass is 286 g/mol. The number of rotatable bonds is 0. The number of hydrogen-bond acceptors (Lipinski definition) is 6. The van der Waals surface area contributed by atoms with E-state index in [1.54, 1.807) is 6.92 Å². The summed E-state index contributed by atoms with van der Waals surface area (Å²) in [6, 6.07) is 0. The summed E-state index contributed by atoms with van der Waals surface area (Å²) in [6.07, 6.45) is 0. The Morgan fingerprint density at radius 2 is 0.778 bits per heavy atom. The van der Waals surface area contributed by atoms with E-state index in [0.29, 0.717) is 5.82 Å². The molecule has 0 fully saturated rings. The summed E-state index contributed by atoms with van der Waals surface area (Å²) < 4.78 is 0. The van der Waals surface area contributed by atoms with Crippen LogP contribution in [0.15, 0.2) is 0 Å². The molecule has 0 amide bonds. The van der Waals surface area contributed by atoms with Gasteiger partial charge >= 0.3 is 0 Å². The quantitative estimate of drug-likeness (QED) is 0.739. The van der Waals surface area contributed by atoms with Gasteiger partial charge in [0.15, 0.2) is 0 Å². The molecule has 8 heteroatoms. The smallest absolute Gasteiger partial charge is 0.219 e. The summed E-state index contributed by atoms with van der Waals surface area (Å²) >= 11 is 10.8. The Morgan fingerprint density at radius 3 is 1.06 bits per heavy atom. The van der Waals surface area contributed by atoms with E-state index >= 15 is 0 Å². The van der Waals surface area contributed by atoms with Crippen molar-refractivity contribution in [2.24, 2.45) is 0 Å². The van der Waals surface area contributed by atoms with Gasteiger partial charge in [-0.15, -0.1) is 0 Å². The molecule has 0 saturated carbocycles. The third-order valence-electron chi connectivity index (χ3n) is 1.66. The molecule has 0 aliphatic carbocycles. The van der Waals surface area contributed by atoms with Crippen LogP contribution in [0.5, 0.6) is 0 Å². The summed E-state index contributed by atoms with van der Waals surface area (Å²) in [5.74, 6) is 2.90. The van der Waals surface area contributed by atoms with Crippen LogP contribution in [0.25, 0.3) is 0 Å². The van der Waals surface area contributed by atoms with Crippen LogP contribution in [0, 0.1) is 27.7 Å². The van der Waals surface area contributed by atoms with Gasteiger partial charge < -0.3 is 0 Å². The van der Waals surface area contributed by atoms with E-state index in [0.717, 1.165) is 17.5 Å². The highest BCUT2D eigenvalue weighted by Crippen LogP contribution is 2.04.